The van der Waals surface area contributed by atoms with Crippen molar-refractivity contribution in [3.63, 3.8) is 0 Å². The zero-order valence-electron chi connectivity index (χ0n) is 11.5. The quantitative estimate of drug-likeness (QED) is 0.859. The van der Waals surface area contributed by atoms with E-state index in [1.807, 2.05) is 42.7 Å². The Bertz CT molecular complexity index is 744. The molecule has 3 nitrogen and oxygen atoms in total. The Balaban J connectivity index is 2.15. The van der Waals surface area contributed by atoms with Crippen LogP contribution in [0.3, 0.4) is 0 Å². The number of hydrogen-bond donors (Lipinski definition) is 1. The number of allylic oxidation sites excluding steroid dienone is 1. The van der Waals surface area contributed by atoms with Crippen LogP contribution in [0, 0.1) is 11.3 Å². The van der Waals surface area contributed by atoms with E-state index in [2.05, 4.69) is 18.2 Å². The third-order valence-electron chi connectivity index (χ3n) is 3.57. The average molecular weight is 294 g/mol. The highest BCUT2D eigenvalue weighted by Crippen LogP contribution is 2.41. The predicted octanol–water partition coefficient (Wildman–Crippen LogP) is 3.63. The second-order valence-electron chi connectivity index (χ2n) is 4.74. The summed E-state index contributed by atoms with van der Waals surface area (Å²) in [6.45, 7) is 0. The fourth-order valence-electron chi connectivity index (χ4n) is 2.55. The van der Waals surface area contributed by atoms with Crippen molar-refractivity contribution in [2.24, 2.45) is 5.73 Å². The summed E-state index contributed by atoms with van der Waals surface area (Å²) in [5.41, 5.74) is 8.40. The van der Waals surface area contributed by atoms with E-state index in [0.29, 0.717) is 11.3 Å². The molecule has 0 amide bonds. The van der Waals surface area contributed by atoms with Crippen LogP contribution >= 0.6 is 11.8 Å². The predicted molar refractivity (Wildman–Crippen MR) is 84.0 cm³/mol. The molecule has 104 valence electrons. The van der Waals surface area contributed by atoms with Crippen LogP contribution in [0.15, 0.2) is 64.9 Å². The van der Waals surface area contributed by atoms with Gasteiger partial charge in [0, 0.05) is 10.5 Å². The summed E-state index contributed by atoms with van der Waals surface area (Å²) in [4.78, 5) is 1.19. The van der Waals surface area contributed by atoms with Crippen LogP contribution in [0.1, 0.15) is 17.0 Å². The molecule has 1 heterocycles. The Kier molecular flexibility index (Phi) is 3.59. The second-order valence-corrected chi connectivity index (χ2v) is 5.62. The fraction of sp³-hybridized carbons (Fsp3) is 0.118. The van der Waals surface area contributed by atoms with Crippen LogP contribution < -0.4 is 10.5 Å². The summed E-state index contributed by atoms with van der Waals surface area (Å²) in [7, 11) is 0. The lowest BCUT2D eigenvalue weighted by Gasteiger charge is -2.26. The van der Waals surface area contributed by atoms with Crippen LogP contribution in [0.4, 0.5) is 0 Å². The van der Waals surface area contributed by atoms with E-state index in [0.717, 1.165) is 11.1 Å². The lowest BCUT2D eigenvalue weighted by molar-refractivity contribution is 0.393. The molecule has 0 saturated carbocycles. The molecule has 3 rings (SSSR count). The number of para-hydroxylation sites is 1. The third-order valence-corrected chi connectivity index (χ3v) is 4.32. The van der Waals surface area contributed by atoms with Gasteiger partial charge in [0.25, 0.3) is 0 Å². The van der Waals surface area contributed by atoms with Gasteiger partial charge in [-0.15, -0.1) is 11.8 Å². The molecule has 0 unspecified atom stereocenters. The van der Waals surface area contributed by atoms with Gasteiger partial charge in [0.15, 0.2) is 0 Å². The van der Waals surface area contributed by atoms with Gasteiger partial charge < -0.3 is 10.5 Å². The minimum Gasteiger partial charge on any atom is -0.440 e. The molecular formula is C17H14N2OS. The van der Waals surface area contributed by atoms with Gasteiger partial charge >= 0.3 is 0 Å². The molecule has 4 heteroatoms. The fourth-order valence-corrected chi connectivity index (χ4v) is 2.95. The zero-order valence-corrected chi connectivity index (χ0v) is 12.4. The van der Waals surface area contributed by atoms with Gasteiger partial charge in [-0.2, -0.15) is 5.26 Å². The largest absolute Gasteiger partial charge is 0.440 e. The number of nitrogens with two attached hydrogens (primary N) is 1. The van der Waals surface area contributed by atoms with Crippen molar-refractivity contribution >= 4 is 11.8 Å². The van der Waals surface area contributed by atoms with Crippen LogP contribution in [-0.2, 0) is 0 Å². The van der Waals surface area contributed by atoms with Crippen molar-refractivity contribution < 1.29 is 4.74 Å². The first kappa shape index (κ1) is 13.6. The lowest BCUT2D eigenvalue weighted by atomic mass is 9.84. The number of fused-ring (bicyclic) bond motifs is 1. The van der Waals surface area contributed by atoms with Crippen LogP contribution in [0.2, 0.25) is 0 Å². The molecular weight excluding hydrogens is 280 g/mol. The second kappa shape index (κ2) is 5.55. The number of ether oxygens (including phenoxy) is 1. The lowest BCUT2D eigenvalue weighted by Crippen LogP contribution is -2.20. The summed E-state index contributed by atoms with van der Waals surface area (Å²) in [6.07, 6.45) is 2.04. The molecule has 0 spiro atoms. The molecule has 21 heavy (non-hydrogen) atoms. The maximum Gasteiger partial charge on any atom is 0.205 e. The summed E-state index contributed by atoms with van der Waals surface area (Å²) in [5, 5.41) is 9.45. The van der Waals surface area contributed by atoms with Crippen molar-refractivity contribution in [2.45, 2.75) is 10.8 Å². The summed E-state index contributed by atoms with van der Waals surface area (Å²) < 4.78 is 5.56. The molecule has 0 bridgehead atoms. The van der Waals surface area contributed by atoms with Crippen LogP contribution in [0.25, 0.3) is 0 Å². The Morgan fingerprint density at radius 2 is 1.86 bits per heavy atom. The van der Waals surface area contributed by atoms with Gasteiger partial charge in [-0.1, -0.05) is 30.3 Å². The number of nitrogens with zero attached hydrogens (tertiary/aromatic N) is 1. The molecule has 1 atom stereocenters. The Morgan fingerprint density at radius 3 is 2.52 bits per heavy atom. The smallest absolute Gasteiger partial charge is 0.205 e. The van der Waals surface area contributed by atoms with Crippen molar-refractivity contribution in [1.82, 2.24) is 0 Å². The maximum atomic E-state index is 9.45. The third kappa shape index (κ3) is 2.37. The Morgan fingerprint density at radius 1 is 1.14 bits per heavy atom. The highest BCUT2D eigenvalue weighted by molar-refractivity contribution is 7.98. The van der Waals surface area contributed by atoms with Crippen LogP contribution in [-0.4, -0.2) is 6.26 Å². The van der Waals surface area contributed by atoms with Gasteiger partial charge in [-0.05, 0) is 30.0 Å². The van der Waals surface area contributed by atoms with Gasteiger partial charge in [0.1, 0.15) is 17.4 Å². The first-order chi connectivity index (χ1) is 10.2. The molecule has 2 N–H and O–H groups in total. The molecule has 0 aromatic heterocycles. The number of nitriles is 1. The van der Waals surface area contributed by atoms with Gasteiger partial charge in [-0.3, -0.25) is 0 Å². The zero-order chi connectivity index (χ0) is 14.8. The number of rotatable bonds is 2. The number of hydrogen-bond acceptors (Lipinski definition) is 4. The normalized spacial score (nSPS) is 16.9. The van der Waals surface area contributed by atoms with Crippen molar-refractivity contribution in [3.05, 3.63) is 71.1 Å². The van der Waals surface area contributed by atoms with E-state index in [1.165, 1.54) is 4.90 Å². The van der Waals surface area contributed by atoms with Gasteiger partial charge in [0.05, 0.1) is 5.92 Å². The topological polar surface area (TPSA) is 59.0 Å². The van der Waals surface area contributed by atoms with Crippen molar-refractivity contribution in [1.29, 1.82) is 5.26 Å². The Labute approximate surface area is 128 Å². The van der Waals surface area contributed by atoms with E-state index < -0.39 is 0 Å². The standard InChI is InChI=1S/C17H14N2OS/c1-21-12-8-6-11(7-9-12)16-13-4-2-3-5-15(13)20-17(19)14(16)10-18/h2-9,16H,19H2,1H3/t16-/m0/s1. The summed E-state index contributed by atoms with van der Waals surface area (Å²) in [6, 6.07) is 18.1. The van der Waals surface area contributed by atoms with E-state index in [4.69, 9.17) is 10.5 Å². The molecule has 0 aliphatic carbocycles. The highest BCUT2D eigenvalue weighted by atomic mass is 32.2. The van der Waals surface area contributed by atoms with E-state index in [1.54, 1.807) is 11.8 Å². The van der Waals surface area contributed by atoms with Crippen molar-refractivity contribution in [2.75, 3.05) is 6.26 Å². The summed E-state index contributed by atoms with van der Waals surface area (Å²) in [5.74, 6) is 0.735. The van der Waals surface area contributed by atoms with Gasteiger partial charge in [-0.25, -0.2) is 0 Å². The van der Waals surface area contributed by atoms with Crippen LogP contribution in [0.5, 0.6) is 5.75 Å². The highest BCUT2D eigenvalue weighted by Gasteiger charge is 2.30. The van der Waals surface area contributed by atoms with Gasteiger partial charge in [0.2, 0.25) is 5.88 Å². The first-order valence-corrected chi connectivity index (χ1v) is 7.77. The molecule has 2 aromatic rings. The van der Waals surface area contributed by atoms with E-state index in [9.17, 15) is 5.26 Å². The maximum absolute atomic E-state index is 9.45. The number of benzene rings is 2. The SMILES string of the molecule is CSc1ccc([C@@H]2C(C#N)=C(N)Oc3ccccc32)cc1. The minimum absolute atomic E-state index is 0.171. The Hall–Kier alpha value is -2.38. The summed E-state index contributed by atoms with van der Waals surface area (Å²) >= 11 is 1.69. The van der Waals surface area contributed by atoms with E-state index in [-0.39, 0.29) is 11.8 Å². The van der Waals surface area contributed by atoms with E-state index >= 15 is 0 Å². The molecule has 0 fully saturated rings. The monoisotopic (exact) mass is 294 g/mol. The minimum atomic E-state index is -0.171. The average Bonchev–Trinajstić information content (AvgIpc) is 2.53. The van der Waals surface area contributed by atoms with Crippen molar-refractivity contribution in [3.8, 4) is 11.8 Å². The molecule has 1 aliphatic heterocycles. The number of thioether (sulfide) groups is 1. The molecule has 2 aromatic carbocycles. The molecule has 1 aliphatic rings. The first-order valence-electron chi connectivity index (χ1n) is 6.55. The molecule has 0 radical (unpaired) electrons. The molecule has 0 saturated heterocycles.